The Hall–Kier alpha value is 0.0138. The van der Waals surface area contributed by atoms with E-state index in [-0.39, 0.29) is 0 Å². The van der Waals surface area contributed by atoms with Crippen LogP contribution in [0.15, 0.2) is 12.7 Å². The lowest BCUT2D eigenvalue weighted by Crippen LogP contribution is -2.38. The molecule has 0 heterocycles. The molecule has 1 fully saturated rings. The Morgan fingerprint density at radius 2 is 1.38 bits per heavy atom. The Morgan fingerprint density at radius 3 is 1.83 bits per heavy atom. The Bertz CT molecular complexity index is 370. The molecule has 0 aromatic carbocycles. The summed E-state index contributed by atoms with van der Waals surface area (Å²) in [7, 11) is 3.24. The fourth-order valence-electron chi connectivity index (χ4n) is 3.76. The van der Waals surface area contributed by atoms with E-state index in [0.717, 1.165) is 23.9 Å². The molecule has 0 radical (unpaired) electrons. The van der Waals surface area contributed by atoms with E-state index in [9.17, 15) is 0 Å². The summed E-state index contributed by atoms with van der Waals surface area (Å²) in [6, 6.07) is 2.15. The minimum absolute atomic E-state index is 0.619. The second-order valence-corrected chi connectivity index (χ2v) is 14.7. The number of allylic oxidation sites excluding steroid dienone is 1. The zero-order valence-electron chi connectivity index (χ0n) is 16.6. The van der Waals surface area contributed by atoms with Gasteiger partial charge in [0.2, 0.25) is 0 Å². The van der Waals surface area contributed by atoms with Crippen LogP contribution in [0.5, 0.6) is 0 Å². The lowest BCUT2D eigenvalue weighted by atomic mass is 9.72. The molecule has 0 aromatic rings. The van der Waals surface area contributed by atoms with E-state index in [4.69, 9.17) is 17.7 Å². The van der Waals surface area contributed by atoms with Gasteiger partial charge in [0.05, 0.1) is 0 Å². The lowest BCUT2D eigenvalue weighted by molar-refractivity contribution is 0.189. The molecule has 24 heavy (non-hydrogen) atoms. The van der Waals surface area contributed by atoms with Crippen molar-refractivity contribution < 1.29 is 17.7 Å². The molecule has 0 spiro atoms. The third kappa shape index (κ3) is 6.39. The first-order valence-corrected chi connectivity index (χ1v) is 14.2. The SMILES string of the molecule is C=CC1CC(CC[Si](C)(OC)OC)CCC1CC[Si](C)(OC)OC. The van der Waals surface area contributed by atoms with Crippen LogP contribution in [0.3, 0.4) is 0 Å². The first-order valence-electron chi connectivity index (χ1n) is 9.18. The molecule has 1 saturated carbocycles. The van der Waals surface area contributed by atoms with Crippen LogP contribution < -0.4 is 0 Å². The fraction of sp³-hybridized carbons (Fsp3) is 0.889. The second-order valence-electron chi connectivity index (χ2n) is 7.50. The van der Waals surface area contributed by atoms with Crippen LogP contribution in [-0.2, 0) is 17.7 Å². The van der Waals surface area contributed by atoms with Crippen molar-refractivity contribution in [2.75, 3.05) is 28.4 Å². The zero-order valence-corrected chi connectivity index (χ0v) is 18.6. The van der Waals surface area contributed by atoms with E-state index >= 15 is 0 Å². The summed E-state index contributed by atoms with van der Waals surface area (Å²) in [4.78, 5) is 0. The van der Waals surface area contributed by atoms with Gasteiger partial charge in [0.25, 0.3) is 0 Å². The molecule has 142 valence electrons. The van der Waals surface area contributed by atoms with Crippen molar-refractivity contribution in [3.05, 3.63) is 12.7 Å². The van der Waals surface area contributed by atoms with Gasteiger partial charge in [-0.25, -0.2) is 0 Å². The third-order valence-corrected chi connectivity index (χ3v) is 12.0. The Labute approximate surface area is 151 Å². The molecular formula is C18H38O4Si2. The van der Waals surface area contributed by atoms with Gasteiger partial charge in [0, 0.05) is 28.4 Å². The quantitative estimate of drug-likeness (QED) is 0.387. The van der Waals surface area contributed by atoms with E-state index in [0.29, 0.717) is 5.92 Å². The maximum atomic E-state index is 5.64. The maximum Gasteiger partial charge on any atom is 0.334 e. The largest absolute Gasteiger partial charge is 0.398 e. The van der Waals surface area contributed by atoms with E-state index in [1.807, 2.05) is 0 Å². The van der Waals surface area contributed by atoms with Gasteiger partial charge in [-0.15, -0.1) is 6.58 Å². The highest BCUT2D eigenvalue weighted by Gasteiger charge is 2.35. The molecular weight excluding hydrogens is 336 g/mol. The van der Waals surface area contributed by atoms with Crippen LogP contribution >= 0.6 is 0 Å². The first-order chi connectivity index (χ1) is 11.3. The summed E-state index contributed by atoms with van der Waals surface area (Å²) in [5.74, 6) is 2.12. The van der Waals surface area contributed by atoms with Gasteiger partial charge >= 0.3 is 17.1 Å². The molecule has 1 rings (SSSR count). The van der Waals surface area contributed by atoms with Gasteiger partial charge in [0.15, 0.2) is 0 Å². The van der Waals surface area contributed by atoms with Gasteiger partial charge in [-0.05, 0) is 68.6 Å². The summed E-state index contributed by atoms with van der Waals surface area (Å²) in [5.41, 5.74) is 0. The monoisotopic (exact) mass is 374 g/mol. The average molecular weight is 375 g/mol. The number of hydrogen-bond acceptors (Lipinski definition) is 4. The van der Waals surface area contributed by atoms with Gasteiger partial charge < -0.3 is 17.7 Å². The van der Waals surface area contributed by atoms with Crippen LogP contribution in [-0.4, -0.2) is 45.6 Å². The molecule has 0 bridgehead atoms. The summed E-state index contributed by atoms with van der Waals surface area (Å²) in [6.07, 6.45) is 8.44. The van der Waals surface area contributed by atoms with Crippen molar-refractivity contribution >= 4 is 17.1 Å². The average Bonchev–Trinajstić information content (AvgIpc) is 2.64. The molecule has 3 atom stereocenters. The highest BCUT2D eigenvalue weighted by Crippen LogP contribution is 2.40. The molecule has 0 N–H and O–H groups in total. The van der Waals surface area contributed by atoms with Crippen molar-refractivity contribution in [1.82, 2.24) is 0 Å². The predicted octanol–water partition coefficient (Wildman–Crippen LogP) is 4.71. The zero-order chi connectivity index (χ0) is 18.2. The minimum atomic E-state index is -1.95. The third-order valence-electron chi connectivity index (χ3n) is 6.16. The van der Waals surface area contributed by atoms with Crippen LogP contribution in [0, 0.1) is 17.8 Å². The predicted molar refractivity (Wildman–Crippen MR) is 105 cm³/mol. The van der Waals surface area contributed by atoms with Gasteiger partial charge in [-0.2, -0.15) is 0 Å². The van der Waals surface area contributed by atoms with E-state index < -0.39 is 17.1 Å². The van der Waals surface area contributed by atoms with E-state index in [1.165, 1.54) is 32.1 Å². The van der Waals surface area contributed by atoms with Gasteiger partial charge in [-0.1, -0.05) is 12.5 Å². The van der Waals surface area contributed by atoms with E-state index in [2.05, 4.69) is 25.7 Å². The van der Waals surface area contributed by atoms with Crippen LogP contribution in [0.25, 0.3) is 0 Å². The van der Waals surface area contributed by atoms with Crippen molar-refractivity contribution in [2.24, 2.45) is 17.8 Å². The molecule has 4 nitrogen and oxygen atoms in total. The van der Waals surface area contributed by atoms with Crippen molar-refractivity contribution in [3.8, 4) is 0 Å². The Balaban J connectivity index is 2.50. The number of hydrogen-bond donors (Lipinski definition) is 0. The van der Waals surface area contributed by atoms with Crippen LogP contribution in [0.2, 0.25) is 25.2 Å². The molecule has 0 saturated heterocycles. The van der Waals surface area contributed by atoms with Crippen molar-refractivity contribution in [3.63, 3.8) is 0 Å². The highest BCUT2D eigenvalue weighted by atomic mass is 28.4. The van der Waals surface area contributed by atoms with Gasteiger partial charge in [0.1, 0.15) is 0 Å². The molecule has 1 aliphatic rings. The molecule has 1 aliphatic carbocycles. The van der Waals surface area contributed by atoms with Crippen molar-refractivity contribution in [2.45, 2.75) is 57.3 Å². The Kier molecular flexibility index (Phi) is 9.40. The molecule has 0 aromatic heterocycles. The fourth-order valence-corrected chi connectivity index (χ4v) is 6.73. The smallest absolute Gasteiger partial charge is 0.334 e. The lowest BCUT2D eigenvalue weighted by Gasteiger charge is -2.37. The normalized spacial score (nSPS) is 25.7. The number of rotatable bonds is 11. The molecule has 6 heteroatoms. The van der Waals surface area contributed by atoms with Crippen LogP contribution in [0.4, 0.5) is 0 Å². The standard InChI is InChI=1S/C18H38O4Si2/c1-8-17-15-16(11-13-23(6,19-2)20-3)9-10-18(17)12-14-24(7,21-4)22-5/h8,16-18H,1,9-15H2,2-7H3. The van der Waals surface area contributed by atoms with Crippen molar-refractivity contribution in [1.29, 1.82) is 0 Å². The van der Waals surface area contributed by atoms with Gasteiger partial charge in [-0.3, -0.25) is 0 Å². The first kappa shape index (κ1) is 22.1. The molecule has 0 amide bonds. The molecule has 3 unspecified atom stereocenters. The topological polar surface area (TPSA) is 36.9 Å². The Morgan fingerprint density at radius 1 is 0.875 bits per heavy atom. The minimum Gasteiger partial charge on any atom is -0.398 e. The summed E-state index contributed by atoms with van der Waals surface area (Å²) >= 11 is 0. The summed E-state index contributed by atoms with van der Waals surface area (Å²) < 4.78 is 22.5. The molecule has 0 aliphatic heterocycles. The highest BCUT2D eigenvalue weighted by molar-refractivity contribution is 6.66. The maximum absolute atomic E-state index is 5.64. The van der Waals surface area contributed by atoms with E-state index in [1.54, 1.807) is 28.4 Å². The second kappa shape index (κ2) is 10.2. The summed E-state index contributed by atoms with van der Waals surface area (Å²) in [5, 5.41) is 0. The van der Waals surface area contributed by atoms with Crippen LogP contribution in [0.1, 0.15) is 32.1 Å². The summed E-state index contributed by atoms with van der Waals surface area (Å²) in [6.45, 7) is 8.42.